The van der Waals surface area contributed by atoms with Crippen molar-refractivity contribution in [1.29, 1.82) is 0 Å². The van der Waals surface area contributed by atoms with E-state index in [2.05, 4.69) is 24.3 Å². The second-order valence-electron chi connectivity index (χ2n) is 6.35. The molecule has 1 N–H and O–H groups in total. The van der Waals surface area contributed by atoms with Gasteiger partial charge in [-0.05, 0) is 30.4 Å². The lowest BCUT2D eigenvalue weighted by Crippen LogP contribution is -2.38. The van der Waals surface area contributed by atoms with E-state index >= 15 is 0 Å². The van der Waals surface area contributed by atoms with Crippen LogP contribution in [-0.2, 0) is 24.2 Å². The molecular formula is C18H23N3O2. The van der Waals surface area contributed by atoms with Gasteiger partial charge in [0.1, 0.15) is 6.61 Å². The minimum atomic E-state index is -0.420. The van der Waals surface area contributed by atoms with Crippen LogP contribution in [0.4, 0.5) is 4.79 Å². The van der Waals surface area contributed by atoms with Crippen molar-refractivity contribution in [3.05, 3.63) is 53.3 Å². The molecule has 0 saturated carbocycles. The molecule has 1 heterocycles. The first-order chi connectivity index (χ1) is 11.1. The Balaban J connectivity index is 1.61. The molecule has 1 aliphatic carbocycles. The normalized spacial score (nSPS) is 17.1. The first-order valence-corrected chi connectivity index (χ1v) is 8.16. The molecule has 23 heavy (non-hydrogen) atoms. The molecule has 0 radical (unpaired) electrons. The maximum Gasteiger partial charge on any atom is 0.435 e. The van der Waals surface area contributed by atoms with E-state index in [-0.39, 0.29) is 6.61 Å². The fraction of sp³-hybridized carbons (Fsp3) is 0.444. The number of nitrogens with zero attached hydrogens (tertiary/aromatic N) is 2. The van der Waals surface area contributed by atoms with Gasteiger partial charge in [0.2, 0.25) is 0 Å². The molecule has 0 saturated heterocycles. The number of ether oxygens (including phenoxy) is 1. The minimum absolute atomic E-state index is 0.266. The monoisotopic (exact) mass is 313 g/mol. The molecule has 2 aromatic rings. The third-order valence-corrected chi connectivity index (χ3v) is 4.03. The van der Waals surface area contributed by atoms with Gasteiger partial charge in [0, 0.05) is 18.3 Å². The van der Waals surface area contributed by atoms with E-state index in [4.69, 9.17) is 4.74 Å². The average Bonchev–Trinajstić information content (AvgIpc) is 2.96. The van der Waals surface area contributed by atoms with Crippen LogP contribution in [0.15, 0.2) is 36.5 Å². The van der Waals surface area contributed by atoms with Crippen molar-refractivity contribution >= 4 is 6.09 Å². The summed E-state index contributed by atoms with van der Waals surface area (Å²) < 4.78 is 6.67. The molecule has 0 bridgehead atoms. The lowest BCUT2D eigenvalue weighted by molar-refractivity contribution is 0.137. The number of carbonyl (C=O) groups is 1. The zero-order chi connectivity index (χ0) is 16.2. The molecule has 3 rings (SSSR count). The van der Waals surface area contributed by atoms with Crippen LogP contribution in [-0.4, -0.2) is 28.0 Å². The number of rotatable bonds is 4. The molecule has 1 atom stereocenters. The fourth-order valence-corrected chi connectivity index (χ4v) is 3.00. The number of aryl methyl sites for hydroxylation is 1. The summed E-state index contributed by atoms with van der Waals surface area (Å²) in [7, 11) is 0. The van der Waals surface area contributed by atoms with Crippen LogP contribution in [0.3, 0.4) is 0 Å². The fourth-order valence-electron chi connectivity index (χ4n) is 3.00. The number of hydrogen-bond acceptors (Lipinski definition) is 4. The molecule has 5 nitrogen and oxygen atoms in total. The first kappa shape index (κ1) is 15.7. The highest BCUT2D eigenvalue weighted by Crippen LogP contribution is 2.20. The Hall–Kier alpha value is -2.14. The van der Waals surface area contributed by atoms with Crippen LogP contribution in [0.2, 0.25) is 0 Å². The number of aromatic nitrogens is 2. The first-order valence-electron chi connectivity index (χ1n) is 8.16. The summed E-state index contributed by atoms with van der Waals surface area (Å²) in [5.74, 6) is 0. The summed E-state index contributed by atoms with van der Waals surface area (Å²) in [6.07, 6.45) is 4.27. The van der Waals surface area contributed by atoms with Crippen LogP contribution in [0.1, 0.15) is 37.1 Å². The second kappa shape index (κ2) is 6.96. The highest BCUT2D eigenvalue weighted by molar-refractivity contribution is 5.69. The Bertz CT molecular complexity index is 664. The van der Waals surface area contributed by atoms with Gasteiger partial charge in [-0.15, -0.1) is 0 Å². The summed E-state index contributed by atoms with van der Waals surface area (Å²) in [6.45, 7) is 4.57. The van der Waals surface area contributed by atoms with Crippen molar-refractivity contribution in [2.45, 2.75) is 51.8 Å². The van der Waals surface area contributed by atoms with E-state index in [1.54, 1.807) is 0 Å². The van der Waals surface area contributed by atoms with Crippen LogP contribution in [0.25, 0.3) is 0 Å². The number of carbonyl (C=O) groups excluding carboxylic acids is 1. The van der Waals surface area contributed by atoms with Crippen molar-refractivity contribution in [3.63, 3.8) is 0 Å². The number of benzene rings is 1. The highest BCUT2D eigenvalue weighted by Gasteiger charge is 2.23. The standard InChI is InChI=1S/C18H23N3O2/c1-13(2)19-16-8-9-17-15(10-16)11-21(20-17)18(22)23-12-14-6-4-3-5-7-14/h3-7,11,13,16,19H,8-10,12H2,1-2H3. The molecule has 122 valence electrons. The number of fused-ring (bicyclic) bond motifs is 1. The molecule has 0 aliphatic heterocycles. The minimum Gasteiger partial charge on any atom is -0.443 e. The maximum absolute atomic E-state index is 12.2. The Morgan fingerprint density at radius 2 is 2.17 bits per heavy atom. The molecular weight excluding hydrogens is 290 g/mol. The van der Waals surface area contributed by atoms with E-state index in [0.29, 0.717) is 12.1 Å². The molecule has 5 heteroatoms. The quantitative estimate of drug-likeness (QED) is 0.943. The van der Waals surface area contributed by atoms with E-state index in [1.165, 1.54) is 4.68 Å². The zero-order valence-electron chi connectivity index (χ0n) is 13.7. The van der Waals surface area contributed by atoms with Gasteiger partial charge in [-0.1, -0.05) is 44.2 Å². The van der Waals surface area contributed by atoms with Gasteiger partial charge >= 0.3 is 6.09 Å². The maximum atomic E-state index is 12.2. The van der Waals surface area contributed by atoms with Gasteiger partial charge in [0.25, 0.3) is 0 Å². The molecule has 0 spiro atoms. The molecule has 0 amide bonds. The molecule has 0 fully saturated rings. The van der Waals surface area contributed by atoms with Crippen LogP contribution < -0.4 is 5.32 Å². The predicted octanol–water partition coefficient (Wildman–Crippen LogP) is 2.92. The highest BCUT2D eigenvalue weighted by atomic mass is 16.6. The Morgan fingerprint density at radius 3 is 2.91 bits per heavy atom. The Labute approximate surface area is 136 Å². The van der Waals surface area contributed by atoms with Gasteiger partial charge in [0.05, 0.1) is 5.69 Å². The summed E-state index contributed by atoms with van der Waals surface area (Å²) >= 11 is 0. The smallest absolute Gasteiger partial charge is 0.435 e. The summed E-state index contributed by atoms with van der Waals surface area (Å²) in [5, 5.41) is 7.95. The van der Waals surface area contributed by atoms with Crippen LogP contribution in [0, 0.1) is 0 Å². The van der Waals surface area contributed by atoms with E-state index in [9.17, 15) is 4.79 Å². The number of hydrogen-bond donors (Lipinski definition) is 1. The third kappa shape index (κ3) is 3.99. The zero-order valence-corrected chi connectivity index (χ0v) is 13.7. The van der Waals surface area contributed by atoms with E-state index < -0.39 is 6.09 Å². The van der Waals surface area contributed by atoms with Gasteiger partial charge in [-0.2, -0.15) is 9.78 Å². The van der Waals surface area contributed by atoms with Crippen LogP contribution in [0.5, 0.6) is 0 Å². The van der Waals surface area contributed by atoms with Gasteiger partial charge in [-0.3, -0.25) is 0 Å². The predicted molar refractivity (Wildman–Crippen MR) is 88.3 cm³/mol. The average molecular weight is 313 g/mol. The summed E-state index contributed by atoms with van der Waals surface area (Å²) in [4.78, 5) is 12.2. The lowest BCUT2D eigenvalue weighted by atomic mass is 9.93. The second-order valence-corrected chi connectivity index (χ2v) is 6.35. The summed E-state index contributed by atoms with van der Waals surface area (Å²) in [6, 6.07) is 10.6. The van der Waals surface area contributed by atoms with E-state index in [1.807, 2.05) is 36.5 Å². The van der Waals surface area contributed by atoms with Crippen molar-refractivity contribution in [2.24, 2.45) is 0 Å². The molecule has 1 aliphatic rings. The SMILES string of the molecule is CC(C)NC1CCc2nn(C(=O)OCc3ccccc3)cc2C1. The molecule has 1 aromatic heterocycles. The number of nitrogens with one attached hydrogen (secondary N) is 1. The largest absolute Gasteiger partial charge is 0.443 e. The van der Waals surface area contributed by atoms with Gasteiger partial charge < -0.3 is 10.1 Å². The Morgan fingerprint density at radius 1 is 1.39 bits per heavy atom. The van der Waals surface area contributed by atoms with Gasteiger partial charge in [-0.25, -0.2) is 4.79 Å². The van der Waals surface area contributed by atoms with E-state index in [0.717, 1.165) is 36.1 Å². The third-order valence-electron chi connectivity index (χ3n) is 4.03. The summed E-state index contributed by atoms with van der Waals surface area (Å²) in [5.41, 5.74) is 3.13. The lowest BCUT2D eigenvalue weighted by Gasteiger charge is -2.24. The van der Waals surface area contributed by atoms with Crippen molar-refractivity contribution in [3.8, 4) is 0 Å². The molecule has 1 aromatic carbocycles. The Kier molecular flexibility index (Phi) is 4.76. The molecule has 1 unspecified atom stereocenters. The van der Waals surface area contributed by atoms with Crippen LogP contribution >= 0.6 is 0 Å². The van der Waals surface area contributed by atoms with Crippen molar-refractivity contribution < 1.29 is 9.53 Å². The topological polar surface area (TPSA) is 56.2 Å². The van der Waals surface area contributed by atoms with Crippen molar-refractivity contribution in [1.82, 2.24) is 15.1 Å². The van der Waals surface area contributed by atoms with Gasteiger partial charge in [0.15, 0.2) is 0 Å². The van der Waals surface area contributed by atoms with Crippen molar-refractivity contribution in [2.75, 3.05) is 0 Å².